The summed E-state index contributed by atoms with van der Waals surface area (Å²) in [4.78, 5) is 11.9. The minimum Gasteiger partial charge on any atom is -0.462 e. The second-order valence-corrected chi connectivity index (χ2v) is 9.61. The summed E-state index contributed by atoms with van der Waals surface area (Å²) in [6, 6.07) is 6.56. The van der Waals surface area contributed by atoms with Crippen LogP contribution in [0.25, 0.3) is 11.4 Å². The number of carbonyl (C=O) groups is 1. The van der Waals surface area contributed by atoms with Crippen molar-refractivity contribution in [2.75, 3.05) is 32.1 Å². The molecule has 3 rings (SSSR count). The highest BCUT2D eigenvalue weighted by Crippen LogP contribution is 2.25. The Balaban J connectivity index is 1.72. The van der Waals surface area contributed by atoms with E-state index in [1.165, 1.54) is 16.1 Å². The SMILES string of the molecule is CC(C)OC(=O)CSc1nnc(-c2ccc(S(=O)(=O)N3CCOCC3)cc2)n1C. The first-order valence-electron chi connectivity index (χ1n) is 9.19. The van der Waals surface area contributed by atoms with Crippen molar-refractivity contribution in [1.82, 2.24) is 19.1 Å². The highest BCUT2D eigenvalue weighted by molar-refractivity contribution is 7.99. The third-order valence-corrected chi connectivity index (χ3v) is 7.15. The molecule has 2 aromatic rings. The third kappa shape index (κ3) is 5.16. The summed E-state index contributed by atoms with van der Waals surface area (Å²) in [5.74, 6) is 0.410. The van der Waals surface area contributed by atoms with Crippen LogP contribution in [0.2, 0.25) is 0 Å². The van der Waals surface area contributed by atoms with E-state index in [0.717, 1.165) is 5.56 Å². The number of hydrogen-bond acceptors (Lipinski definition) is 8. The first-order valence-corrected chi connectivity index (χ1v) is 11.6. The maximum atomic E-state index is 12.7. The molecule has 0 aliphatic carbocycles. The van der Waals surface area contributed by atoms with Gasteiger partial charge in [-0.25, -0.2) is 8.42 Å². The maximum absolute atomic E-state index is 12.7. The molecule has 9 nitrogen and oxygen atoms in total. The molecular formula is C18H24N4O5S2. The van der Waals surface area contributed by atoms with Crippen LogP contribution in [-0.4, -0.2) is 71.6 Å². The lowest BCUT2D eigenvalue weighted by Gasteiger charge is -2.26. The van der Waals surface area contributed by atoms with E-state index in [2.05, 4.69) is 10.2 Å². The van der Waals surface area contributed by atoms with Gasteiger partial charge in [0.1, 0.15) is 0 Å². The minimum atomic E-state index is -3.54. The lowest BCUT2D eigenvalue weighted by Crippen LogP contribution is -2.40. The zero-order chi connectivity index (χ0) is 21.0. The summed E-state index contributed by atoms with van der Waals surface area (Å²) < 4.78 is 39.0. The summed E-state index contributed by atoms with van der Waals surface area (Å²) in [5, 5.41) is 8.86. The van der Waals surface area contributed by atoms with E-state index >= 15 is 0 Å². The fourth-order valence-corrected chi connectivity index (χ4v) is 4.93. The summed E-state index contributed by atoms with van der Waals surface area (Å²) in [5.41, 5.74) is 0.734. The molecule has 1 aliphatic rings. The molecule has 29 heavy (non-hydrogen) atoms. The normalized spacial score (nSPS) is 15.6. The van der Waals surface area contributed by atoms with Crippen LogP contribution >= 0.6 is 11.8 Å². The topological polar surface area (TPSA) is 104 Å². The van der Waals surface area contributed by atoms with Crippen molar-refractivity contribution in [3.05, 3.63) is 24.3 Å². The van der Waals surface area contributed by atoms with Crippen molar-refractivity contribution in [2.45, 2.75) is 30.0 Å². The largest absolute Gasteiger partial charge is 0.462 e. The smallest absolute Gasteiger partial charge is 0.316 e. The van der Waals surface area contributed by atoms with Crippen LogP contribution in [0.4, 0.5) is 0 Å². The molecule has 11 heteroatoms. The average molecular weight is 441 g/mol. The first-order chi connectivity index (χ1) is 13.8. The van der Waals surface area contributed by atoms with E-state index in [-0.39, 0.29) is 22.7 Å². The molecule has 0 saturated carbocycles. The standard InChI is InChI=1S/C18H24N4O5S2/c1-13(2)27-16(23)12-28-18-20-19-17(21(18)3)14-4-6-15(7-5-14)29(24,25)22-8-10-26-11-9-22/h4-7,13H,8-12H2,1-3H3. The number of ether oxygens (including phenoxy) is 2. The van der Waals surface area contributed by atoms with Gasteiger partial charge in [-0.3, -0.25) is 4.79 Å². The van der Waals surface area contributed by atoms with E-state index in [1.54, 1.807) is 49.7 Å². The Morgan fingerprint density at radius 2 is 1.86 bits per heavy atom. The van der Waals surface area contributed by atoms with Crippen molar-refractivity contribution in [2.24, 2.45) is 7.05 Å². The Kier molecular flexibility index (Phi) is 6.93. The number of benzene rings is 1. The minimum absolute atomic E-state index is 0.140. The number of nitrogens with zero attached hydrogens (tertiary/aromatic N) is 4. The molecule has 0 atom stereocenters. The molecule has 0 bridgehead atoms. The average Bonchev–Trinajstić information content (AvgIpc) is 3.07. The summed E-state index contributed by atoms with van der Waals surface area (Å²) in [7, 11) is -1.74. The predicted molar refractivity (Wildman–Crippen MR) is 108 cm³/mol. The van der Waals surface area contributed by atoms with Gasteiger partial charge in [-0.1, -0.05) is 11.8 Å². The van der Waals surface area contributed by atoms with Crippen LogP contribution in [0.1, 0.15) is 13.8 Å². The number of esters is 1. The van der Waals surface area contributed by atoms with E-state index in [0.29, 0.717) is 37.3 Å². The number of thioether (sulfide) groups is 1. The predicted octanol–water partition coefficient (Wildman–Crippen LogP) is 1.55. The van der Waals surface area contributed by atoms with Crippen LogP contribution in [0.5, 0.6) is 0 Å². The van der Waals surface area contributed by atoms with Gasteiger partial charge in [0.25, 0.3) is 0 Å². The van der Waals surface area contributed by atoms with Gasteiger partial charge in [-0.15, -0.1) is 10.2 Å². The van der Waals surface area contributed by atoms with Crippen LogP contribution in [0.3, 0.4) is 0 Å². The summed E-state index contributed by atoms with van der Waals surface area (Å²) in [6.07, 6.45) is -0.162. The van der Waals surface area contributed by atoms with Gasteiger partial charge in [-0.05, 0) is 38.1 Å². The van der Waals surface area contributed by atoms with Crippen LogP contribution < -0.4 is 0 Å². The zero-order valence-corrected chi connectivity index (χ0v) is 18.2. The van der Waals surface area contributed by atoms with Crippen LogP contribution in [0.15, 0.2) is 34.3 Å². The van der Waals surface area contributed by atoms with E-state index in [9.17, 15) is 13.2 Å². The molecule has 0 unspecified atom stereocenters. The van der Waals surface area contributed by atoms with E-state index < -0.39 is 10.0 Å². The Labute approximate surface area is 174 Å². The number of morpholine rings is 1. The van der Waals surface area contributed by atoms with Gasteiger partial charge < -0.3 is 14.0 Å². The number of aromatic nitrogens is 3. The zero-order valence-electron chi connectivity index (χ0n) is 16.6. The van der Waals surface area contributed by atoms with Gasteiger partial charge in [0.15, 0.2) is 11.0 Å². The van der Waals surface area contributed by atoms with Gasteiger partial charge in [0, 0.05) is 25.7 Å². The van der Waals surface area contributed by atoms with Gasteiger partial charge >= 0.3 is 5.97 Å². The molecule has 0 amide bonds. The number of hydrogen-bond donors (Lipinski definition) is 0. The molecule has 1 aromatic heterocycles. The summed E-state index contributed by atoms with van der Waals surface area (Å²) >= 11 is 1.24. The van der Waals surface area contributed by atoms with Crippen molar-refractivity contribution < 1.29 is 22.7 Å². The number of rotatable bonds is 7. The van der Waals surface area contributed by atoms with Crippen molar-refractivity contribution >= 4 is 27.8 Å². The van der Waals surface area contributed by atoms with Crippen LogP contribution in [0, 0.1) is 0 Å². The molecular weight excluding hydrogens is 416 g/mol. The monoisotopic (exact) mass is 440 g/mol. The number of carbonyl (C=O) groups excluding carboxylic acids is 1. The molecule has 1 aromatic carbocycles. The molecule has 1 saturated heterocycles. The maximum Gasteiger partial charge on any atom is 0.316 e. The summed E-state index contributed by atoms with van der Waals surface area (Å²) in [6.45, 7) is 5.11. The van der Waals surface area contributed by atoms with Gasteiger partial charge in [0.2, 0.25) is 10.0 Å². The van der Waals surface area contributed by atoms with Crippen molar-refractivity contribution in [3.8, 4) is 11.4 Å². The fourth-order valence-electron chi connectivity index (χ4n) is 2.82. The number of sulfonamides is 1. The van der Waals surface area contributed by atoms with E-state index in [1.807, 2.05) is 0 Å². The molecule has 0 N–H and O–H groups in total. The lowest BCUT2D eigenvalue weighted by molar-refractivity contribution is -0.144. The van der Waals surface area contributed by atoms with E-state index in [4.69, 9.17) is 9.47 Å². The Morgan fingerprint density at radius 1 is 1.21 bits per heavy atom. The van der Waals surface area contributed by atoms with Crippen molar-refractivity contribution in [3.63, 3.8) is 0 Å². The second-order valence-electron chi connectivity index (χ2n) is 6.73. The Hall–Kier alpha value is -1.95. The fraction of sp³-hybridized carbons (Fsp3) is 0.500. The lowest BCUT2D eigenvalue weighted by atomic mass is 10.2. The molecule has 158 valence electrons. The molecule has 0 radical (unpaired) electrons. The van der Waals surface area contributed by atoms with Crippen LogP contribution in [-0.2, 0) is 31.3 Å². The van der Waals surface area contributed by atoms with Gasteiger partial charge in [-0.2, -0.15) is 4.31 Å². The Bertz CT molecular complexity index is 951. The molecule has 1 aliphatic heterocycles. The van der Waals surface area contributed by atoms with Crippen molar-refractivity contribution in [1.29, 1.82) is 0 Å². The third-order valence-electron chi connectivity index (χ3n) is 4.24. The second kappa shape index (κ2) is 9.24. The van der Waals surface area contributed by atoms with Gasteiger partial charge in [0.05, 0.1) is 30.0 Å². The first kappa shape index (κ1) is 21.8. The quantitative estimate of drug-likeness (QED) is 0.472. The Morgan fingerprint density at radius 3 is 2.48 bits per heavy atom. The molecule has 2 heterocycles. The molecule has 0 spiro atoms. The molecule has 1 fully saturated rings. The highest BCUT2D eigenvalue weighted by Gasteiger charge is 2.26. The highest BCUT2D eigenvalue weighted by atomic mass is 32.2.